The van der Waals surface area contributed by atoms with Gasteiger partial charge in [-0.2, -0.15) is 0 Å². The Morgan fingerprint density at radius 1 is 1.09 bits per heavy atom. The molecule has 0 radical (unpaired) electrons. The van der Waals surface area contributed by atoms with Crippen LogP contribution in [-0.2, 0) is 4.74 Å². The van der Waals surface area contributed by atoms with E-state index in [1.807, 2.05) is 24.3 Å². The summed E-state index contributed by atoms with van der Waals surface area (Å²) in [4.78, 5) is 19.5. The van der Waals surface area contributed by atoms with Crippen molar-refractivity contribution in [2.24, 2.45) is 0 Å². The molecule has 32 heavy (non-hydrogen) atoms. The number of rotatable bonds is 4. The lowest BCUT2D eigenvalue weighted by atomic mass is 9.98. The summed E-state index contributed by atoms with van der Waals surface area (Å²) in [5, 5.41) is 4.19. The fraction of sp³-hybridized carbons (Fsp3) is 0.154. The van der Waals surface area contributed by atoms with Crippen molar-refractivity contribution < 1.29 is 9.53 Å². The van der Waals surface area contributed by atoms with Crippen molar-refractivity contribution in [3.63, 3.8) is 0 Å². The molecule has 0 bridgehead atoms. The van der Waals surface area contributed by atoms with Gasteiger partial charge in [-0.25, -0.2) is 9.78 Å². The lowest BCUT2D eigenvalue weighted by Gasteiger charge is -2.14. The number of halogens is 1. The number of alkyl carbamates (subject to hydrolysis) is 1. The van der Waals surface area contributed by atoms with Crippen LogP contribution in [0.2, 0.25) is 5.02 Å². The van der Waals surface area contributed by atoms with Crippen molar-refractivity contribution in [3.8, 4) is 23.0 Å². The fourth-order valence-electron chi connectivity index (χ4n) is 4.15. The number of carbonyl (C=O) groups is 1. The highest BCUT2D eigenvalue weighted by Crippen LogP contribution is 2.44. The van der Waals surface area contributed by atoms with Crippen LogP contribution in [0.1, 0.15) is 29.0 Å². The molecule has 158 valence electrons. The van der Waals surface area contributed by atoms with Gasteiger partial charge in [0.2, 0.25) is 0 Å². The van der Waals surface area contributed by atoms with Crippen molar-refractivity contribution >= 4 is 28.7 Å². The van der Waals surface area contributed by atoms with E-state index in [2.05, 4.69) is 51.4 Å². The second kappa shape index (κ2) is 8.78. The molecule has 2 heterocycles. The van der Waals surface area contributed by atoms with Crippen molar-refractivity contribution in [3.05, 3.63) is 88.7 Å². The first kappa shape index (κ1) is 20.2. The molecule has 2 aromatic heterocycles. The van der Waals surface area contributed by atoms with E-state index in [4.69, 9.17) is 16.3 Å². The molecule has 0 spiro atoms. The highest BCUT2D eigenvalue weighted by atomic mass is 35.5. The number of aromatic amines is 1. The van der Waals surface area contributed by atoms with Gasteiger partial charge in [0.05, 0.1) is 16.0 Å². The molecule has 2 aromatic carbocycles. The van der Waals surface area contributed by atoms with Gasteiger partial charge in [-0.1, -0.05) is 72.0 Å². The zero-order valence-corrected chi connectivity index (χ0v) is 17.9. The van der Waals surface area contributed by atoms with Gasteiger partial charge in [0, 0.05) is 31.3 Å². The van der Waals surface area contributed by atoms with Crippen LogP contribution < -0.4 is 5.32 Å². The zero-order chi connectivity index (χ0) is 21.9. The molecule has 0 fully saturated rings. The van der Waals surface area contributed by atoms with Crippen molar-refractivity contribution in [1.29, 1.82) is 0 Å². The SMILES string of the molecule is O=C(NCCC#Cc1c[nH]c2nccc(Cl)c12)OCC1c2ccccc2-c2ccccc21. The van der Waals surface area contributed by atoms with Crippen LogP contribution in [0.15, 0.2) is 67.0 Å². The zero-order valence-electron chi connectivity index (χ0n) is 17.2. The molecule has 2 N–H and O–H groups in total. The Hall–Kier alpha value is -3.75. The first-order valence-corrected chi connectivity index (χ1v) is 10.8. The fourth-order valence-corrected chi connectivity index (χ4v) is 4.40. The van der Waals surface area contributed by atoms with Gasteiger partial charge >= 0.3 is 6.09 Å². The molecule has 0 aliphatic heterocycles. The van der Waals surface area contributed by atoms with Crippen LogP contribution in [0.3, 0.4) is 0 Å². The number of pyridine rings is 1. The number of aromatic nitrogens is 2. The summed E-state index contributed by atoms with van der Waals surface area (Å²) in [6, 6.07) is 18.3. The topological polar surface area (TPSA) is 67.0 Å². The maximum atomic E-state index is 12.2. The normalized spacial score (nSPS) is 12.0. The number of benzene rings is 2. The molecule has 0 saturated heterocycles. The van der Waals surface area contributed by atoms with Gasteiger partial charge in [0.15, 0.2) is 0 Å². The Morgan fingerprint density at radius 2 is 1.81 bits per heavy atom. The molecule has 1 aliphatic rings. The highest BCUT2D eigenvalue weighted by Gasteiger charge is 2.28. The largest absolute Gasteiger partial charge is 0.449 e. The quantitative estimate of drug-likeness (QED) is 0.325. The van der Waals surface area contributed by atoms with Crippen molar-refractivity contribution in [2.45, 2.75) is 12.3 Å². The van der Waals surface area contributed by atoms with Crippen LogP contribution >= 0.6 is 11.6 Å². The van der Waals surface area contributed by atoms with E-state index in [1.165, 1.54) is 22.3 Å². The molecule has 0 unspecified atom stereocenters. The summed E-state index contributed by atoms with van der Waals surface area (Å²) in [6.45, 7) is 0.699. The molecule has 5 rings (SSSR count). The van der Waals surface area contributed by atoms with Crippen LogP contribution in [0, 0.1) is 11.8 Å². The van der Waals surface area contributed by atoms with Gasteiger partial charge in [0.25, 0.3) is 0 Å². The van der Waals surface area contributed by atoms with Crippen LogP contribution in [0.4, 0.5) is 4.79 Å². The number of ether oxygens (including phenoxy) is 1. The summed E-state index contributed by atoms with van der Waals surface area (Å²) >= 11 is 6.24. The molecule has 5 nitrogen and oxygen atoms in total. The second-order valence-corrected chi connectivity index (χ2v) is 7.93. The Morgan fingerprint density at radius 3 is 2.56 bits per heavy atom. The monoisotopic (exact) mass is 441 g/mol. The van der Waals surface area contributed by atoms with E-state index in [0.29, 0.717) is 30.2 Å². The number of amides is 1. The van der Waals surface area contributed by atoms with Gasteiger partial charge < -0.3 is 15.0 Å². The molecule has 6 heteroatoms. The number of nitrogens with zero attached hydrogens (tertiary/aromatic N) is 1. The maximum absolute atomic E-state index is 12.2. The van der Waals surface area contributed by atoms with E-state index in [0.717, 1.165) is 10.9 Å². The molecule has 0 saturated carbocycles. The Labute approximate surface area is 190 Å². The number of H-pyrrole nitrogens is 1. The number of carbonyl (C=O) groups excluding carboxylic acids is 1. The predicted octanol–water partition coefficient (Wildman–Crippen LogP) is 5.50. The van der Waals surface area contributed by atoms with Crippen LogP contribution in [-0.4, -0.2) is 29.2 Å². The smallest absolute Gasteiger partial charge is 0.407 e. The molecule has 0 atom stereocenters. The Bertz CT molecular complexity index is 1320. The summed E-state index contributed by atoms with van der Waals surface area (Å²) in [6.07, 6.45) is 3.49. The summed E-state index contributed by atoms with van der Waals surface area (Å²) in [7, 11) is 0. The Kier molecular flexibility index (Phi) is 5.53. The lowest BCUT2D eigenvalue weighted by Crippen LogP contribution is -2.26. The minimum atomic E-state index is -0.437. The first-order valence-electron chi connectivity index (χ1n) is 10.4. The van der Waals surface area contributed by atoms with Gasteiger partial charge in [0.1, 0.15) is 12.3 Å². The number of fused-ring (bicyclic) bond motifs is 4. The molecule has 4 aromatic rings. The lowest BCUT2D eigenvalue weighted by molar-refractivity contribution is 0.143. The number of hydrogen-bond donors (Lipinski definition) is 2. The highest BCUT2D eigenvalue weighted by molar-refractivity contribution is 6.35. The maximum Gasteiger partial charge on any atom is 0.407 e. The third kappa shape index (κ3) is 3.81. The summed E-state index contributed by atoms with van der Waals surface area (Å²) in [5.74, 6) is 6.19. The predicted molar refractivity (Wildman–Crippen MR) is 126 cm³/mol. The average molecular weight is 442 g/mol. The second-order valence-electron chi connectivity index (χ2n) is 7.52. The molecule has 1 aliphatic carbocycles. The van der Waals surface area contributed by atoms with E-state index in [9.17, 15) is 4.79 Å². The summed E-state index contributed by atoms with van der Waals surface area (Å²) in [5.41, 5.74) is 6.30. The standard InChI is InChI=1S/C26H20ClN3O2/c27-23-12-14-28-25-24(23)17(15-30-25)7-5-6-13-29-26(31)32-16-22-20-10-3-1-8-18(20)19-9-2-4-11-21(19)22/h1-4,8-12,14-15,22H,6,13,16H2,(H,28,30)(H,29,31). The molecule has 1 amide bonds. The van der Waals surface area contributed by atoms with E-state index < -0.39 is 6.09 Å². The van der Waals surface area contributed by atoms with Gasteiger partial charge in [-0.15, -0.1) is 0 Å². The van der Waals surface area contributed by atoms with Crippen molar-refractivity contribution in [2.75, 3.05) is 13.2 Å². The van der Waals surface area contributed by atoms with E-state index in [-0.39, 0.29) is 5.92 Å². The first-order chi connectivity index (χ1) is 15.7. The third-order valence-electron chi connectivity index (χ3n) is 5.61. The Balaban J connectivity index is 1.16. The van der Waals surface area contributed by atoms with Crippen LogP contribution in [0.5, 0.6) is 0 Å². The summed E-state index contributed by atoms with van der Waals surface area (Å²) < 4.78 is 5.54. The van der Waals surface area contributed by atoms with Crippen LogP contribution in [0.25, 0.3) is 22.2 Å². The molecular weight excluding hydrogens is 422 g/mol. The van der Waals surface area contributed by atoms with Gasteiger partial charge in [-0.05, 0) is 28.3 Å². The number of hydrogen-bond acceptors (Lipinski definition) is 3. The minimum Gasteiger partial charge on any atom is -0.449 e. The third-order valence-corrected chi connectivity index (χ3v) is 5.92. The van der Waals surface area contributed by atoms with Crippen molar-refractivity contribution in [1.82, 2.24) is 15.3 Å². The van der Waals surface area contributed by atoms with E-state index in [1.54, 1.807) is 18.5 Å². The minimum absolute atomic E-state index is 0.0492. The number of nitrogens with one attached hydrogen (secondary N) is 2. The average Bonchev–Trinajstić information content (AvgIpc) is 3.37. The van der Waals surface area contributed by atoms with Gasteiger partial charge in [-0.3, -0.25) is 0 Å². The molecular formula is C26H20ClN3O2. The van der Waals surface area contributed by atoms with E-state index >= 15 is 0 Å².